The highest BCUT2D eigenvalue weighted by Crippen LogP contribution is 2.51. The van der Waals surface area contributed by atoms with Crippen molar-refractivity contribution in [2.75, 3.05) is 0 Å². The van der Waals surface area contributed by atoms with Gasteiger partial charge in [0.05, 0.1) is 10.9 Å². The number of pyridine rings is 1. The minimum absolute atomic E-state index is 0.938. The summed E-state index contributed by atoms with van der Waals surface area (Å²) < 4.78 is 9.02. The summed E-state index contributed by atoms with van der Waals surface area (Å²) in [6.45, 7) is 6.59. The molecular weight excluding hydrogens is 426 g/mol. The zero-order valence-electron chi connectivity index (χ0n) is 20.4. The molecule has 1 aromatic heterocycles. The molecule has 0 aliphatic carbocycles. The molecule has 0 saturated carbocycles. The lowest BCUT2D eigenvalue weighted by Crippen LogP contribution is -2.32. The molecule has 0 fully saturated rings. The van der Waals surface area contributed by atoms with Crippen LogP contribution < -0.4 is 9.30 Å². The molecule has 2 heteroatoms. The van der Waals surface area contributed by atoms with Crippen molar-refractivity contribution in [2.45, 2.75) is 20.8 Å². The first-order valence-electron chi connectivity index (χ1n) is 12.2. The van der Waals surface area contributed by atoms with Crippen LogP contribution in [0.2, 0.25) is 0 Å². The Hall–Kier alpha value is -4.17. The van der Waals surface area contributed by atoms with Gasteiger partial charge in [0.25, 0.3) is 0 Å². The normalized spacial score (nSPS) is 12.2. The Bertz CT molecular complexity index is 1850. The number of ether oxygens (including phenoxy) is 1. The first-order valence-corrected chi connectivity index (χ1v) is 12.2. The van der Waals surface area contributed by atoms with Gasteiger partial charge >= 0.3 is 0 Å². The van der Waals surface area contributed by atoms with Crippen molar-refractivity contribution >= 4 is 32.3 Å². The number of fused-ring (bicyclic) bond motifs is 5. The predicted octanol–water partition coefficient (Wildman–Crippen LogP) is 8.34. The third kappa shape index (κ3) is 2.80. The Labute approximate surface area is 205 Å². The van der Waals surface area contributed by atoms with E-state index in [0.29, 0.717) is 0 Å². The Kier molecular flexibility index (Phi) is 4.14. The minimum atomic E-state index is 0.938. The smallest absolute Gasteiger partial charge is 0.228 e. The summed E-state index contributed by atoms with van der Waals surface area (Å²) in [5.74, 6) is 1.92. The number of aromatic nitrogens is 1. The van der Waals surface area contributed by atoms with E-state index in [1.165, 1.54) is 71.4 Å². The molecular formula is C33H26NO+. The quantitative estimate of drug-likeness (QED) is 0.180. The van der Waals surface area contributed by atoms with Crippen LogP contribution >= 0.6 is 0 Å². The summed E-state index contributed by atoms with van der Waals surface area (Å²) in [5, 5.41) is 7.44. The number of benzene rings is 5. The molecule has 0 atom stereocenters. The van der Waals surface area contributed by atoms with Crippen LogP contribution in [0.1, 0.15) is 16.7 Å². The van der Waals surface area contributed by atoms with E-state index in [4.69, 9.17) is 4.74 Å². The molecule has 1 aliphatic rings. The summed E-state index contributed by atoms with van der Waals surface area (Å²) in [5.41, 5.74) is 8.65. The molecule has 0 amide bonds. The second-order valence-electron chi connectivity index (χ2n) is 9.85. The SMILES string of the molecule is Cc1ccc2c(C)c3c(c(C)c2c1)-c1c2c(cc4ccc(-c5ccccc5)cc4c2cc[n+]1C)O3. The maximum absolute atomic E-state index is 6.76. The molecule has 2 nitrogen and oxygen atoms in total. The molecule has 1 aliphatic heterocycles. The second-order valence-corrected chi connectivity index (χ2v) is 9.85. The fraction of sp³-hybridized carbons (Fsp3) is 0.121. The van der Waals surface area contributed by atoms with E-state index >= 15 is 0 Å². The third-order valence-electron chi connectivity index (χ3n) is 7.68. The van der Waals surface area contributed by atoms with Gasteiger partial charge < -0.3 is 4.74 Å². The number of rotatable bonds is 1. The standard InChI is InChI=1S/C33H26NO/c1-19-10-13-25-21(3)33-30(20(2)27(25)16-19)32-31-26(14-15-34(32)4)28-17-23(22-8-6-5-7-9-22)11-12-24(28)18-29(31)35-33/h5-18H,1-4H3/q+1. The van der Waals surface area contributed by atoms with Crippen LogP contribution in [0.15, 0.2) is 85.1 Å². The molecule has 0 radical (unpaired) electrons. The molecule has 0 spiro atoms. The van der Waals surface area contributed by atoms with E-state index in [1.807, 2.05) is 0 Å². The maximum atomic E-state index is 6.76. The fourth-order valence-corrected chi connectivity index (χ4v) is 5.88. The third-order valence-corrected chi connectivity index (χ3v) is 7.68. The largest absolute Gasteiger partial charge is 0.455 e. The lowest BCUT2D eigenvalue weighted by molar-refractivity contribution is -0.659. The van der Waals surface area contributed by atoms with Crippen LogP contribution in [0.4, 0.5) is 0 Å². The highest BCUT2D eigenvalue weighted by atomic mass is 16.5. The van der Waals surface area contributed by atoms with E-state index in [0.717, 1.165) is 11.5 Å². The van der Waals surface area contributed by atoms with Crippen molar-refractivity contribution in [3.05, 3.63) is 102 Å². The van der Waals surface area contributed by atoms with Gasteiger partial charge in [-0.25, -0.2) is 4.57 Å². The lowest BCUT2D eigenvalue weighted by Gasteiger charge is -2.25. The minimum Gasteiger partial charge on any atom is -0.455 e. The number of aryl methyl sites for hydroxylation is 4. The molecule has 5 aromatic carbocycles. The lowest BCUT2D eigenvalue weighted by atomic mass is 9.87. The van der Waals surface area contributed by atoms with Crippen molar-refractivity contribution < 1.29 is 9.30 Å². The van der Waals surface area contributed by atoms with Gasteiger partial charge in [-0.05, 0) is 71.1 Å². The Balaban J connectivity index is 1.61. The van der Waals surface area contributed by atoms with Crippen molar-refractivity contribution in [1.29, 1.82) is 0 Å². The monoisotopic (exact) mass is 452 g/mol. The Morgan fingerprint density at radius 3 is 2.31 bits per heavy atom. The average molecular weight is 453 g/mol. The van der Waals surface area contributed by atoms with Crippen LogP contribution in [-0.4, -0.2) is 0 Å². The summed E-state index contributed by atoms with van der Waals surface area (Å²) >= 11 is 0. The Morgan fingerprint density at radius 2 is 1.49 bits per heavy atom. The van der Waals surface area contributed by atoms with Gasteiger partial charge in [-0.1, -0.05) is 66.2 Å². The summed E-state index contributed by atoms with van der Waals surface area (Å²) in [6, 6.07) is 28.5. The first-order chi connectivity index (χ1) is 17.0. The number of nitrogens with zero attached hydrogens (tertiary/aromatic N) is 1. The van der Waals surface area contributed by atoms with E-state index in [2.05, 4.69) is 117 Å². The average Bonchev–Trinajstić information content (AvgIpc) is 2.88. The van der Waals surface area contributed by atoms with Gasteiger partial charge in [0.15, 0.2) is 6.20 Å². The highest BCUT2D eigenvalue weighted by Gasteiger charge is 2.32. The molecule has 0 saturated heterocycles. The van der Waals surface area contributed by atoms with Gasteiger partial charge in [-0.15, -0.1) is 0 Å². The fourth-order valence-electron chi connectivity index (χ4n) is 5.88. The van der Waals surface area contributed by atoms with Gasteiger partial charge in [0, 0.05) is 17.0 Å². The molecule has 6 aromatic rings. The molecule has 0 unspecified atom stereocenters. The van der Waals surface area contributed by atoms with Crippen LogP contribution in [0, 0.1) is 20.8 Å². The van der Waals surface area contributed by atoms with Gasteiger partial charge in [-0.2, -0.15) is 0 Å². The van der Waals surface area contributed by atoms with Crippen molar-refractivity contribution in [3.8, 4) is 33.9 Å². The molecule has 7 rings (SSSR count). The Morgan fingerprint density at radius 1 is 0.657 bits per heavy atom. The first kappa shape index (κ1) is 20.2. The predicted molar refractivity (Wildman–Crippen MR) is 145 cm³/mol. The van der Waals surface area contributed by atoms with Crippen molar-refractivity contribution in [3.63, 3.8) is 0 Å². The van der Waals surface area contributed by atoms with Crippen molar-refractivity contribution in [2.24, 2.45) is 7.05 Å². The zero-order chi connectivity index (χ0) is 23.8. The number of hydrogen-bond donors (Lipinski definition) is 0. The van der Waals surface area contributed by atoms with Crippen LogP contribution in [0.3, 0.4) is 0 Å². The zero-order valence-corrected chi connectivity index (χ0v) is 20.4. The summed E-state index contributed by atoms with van der Waals surface area (Å²) in [6.07, 6.45) is 2.19. The molecule has 168 valence electrons. The second kappa shape index (κ2) is 7.16. The summed E-state index contributed by atoms with van der Waals surface area (Å²) in [7, 11) is 2.15. The van der Waals surface area contributed by atoms with Crippen LogP contribution in [-0.2, 0) is 7.05 Å². The molecule has 0 bridgehead atoms. The summed E-state index contributed by atoms with van der Waals surface area (Å²) in [4.78, 5) is 0. The molecule has 0 N–H and O–H groups in total. The van der Waals surface area contributed by atoms with E-state index in [-0.39, 0.29) is 0 Å². The number of hydrogen-bond acceptors (Lipinski definition) is 1. The van der Waals surface area contributed by atoms with E-state index in [1.54, 1.807) is 0 Å². The van der Waals surface area contributed by atoms with Crippen LogP contribution in [0.25, 0.3) is 54.7 Å². The van der Waals surface area contributed by atoms with Gasteiger partial charge in [-0.3, -0.25) is 0 Å². The van der Waals surface area contributed by atoms with E-state index in [9.17, 15) is 0 Å². The molecule has 2 heterocycles. The topological polar surface area (TPSA) is 13.1 Å². The van der Waals surface area contributed by atoms with Crippen molar-refractivity contribution in [1.82, 2.24) is 0 Å². The van der Waals surface area contributed by atoms with Gasteiger partial charge in [0.2, 0.25) is 5.69 Å². The molecule has 35 heavy (non-hydrogen) atoms. The van der Waals surface area contributed by atoms with E-state index < -0.39 is 0 Å². The van der Waals surface area contributed by atoms with Crippen LogP contribution in [0.5, 0.6) is 11.5 Å². The van der Waals surface area contributed by atoms with Gasteiger partial charge in [0.1, 0.15) is 18.5 Å². The maximum Gasteiger partial charge on any atom is 0.228 e. The highest BCUT2D eigenvalue weighted by molar-refractivity contribution is 6.16.